The van der Waals surface area contributed by atoms with Crippen molar-refractivity contribution in [2.75, 3.05) is 26.1 Å². The first-order valence-corrected chi connectivity index (χ1v) is 10.1. The van der Waals surface area contributed by atoms with Gasteiger partial charge in [0.05, 0.1) is 13.7 Å². The maximum atomic E-state index is 12.4. The largest absolute Gasteiger partial charge is 0.497 e. The summed E-state index contributed by atoms with van der Waals surface area (Å²) in [5, 5.41) is 5.63. The van der Waals surface area contributed by atoms with Gasteiger partial charge in [0.2, 0.25) is 0 Å². The van der Waals surface area contributed by atoms with Crippen LogP contribution in [0.3, 0.4) is 0 Å². The van der Waals surface area contributed by atoms with Gasteiger partial charge in [0, 0.05) is 31.0 Å². The van der Waals surface area contributed by atoms with Crippen LogP contribution in [0.5, 0.6) is 11.5 Å². The molecule has 3 rings (SSSR count). The Hall–Kier alpha value is -3.84. The number of carbonyl (C=O) groups is 2. The molecule has 7 nitrogen and oxygen atoms in total. The molecule has 0 aromatic heterocycles. The minimum atomic E-state index is -0.295. The highest BCUT2D eigenvalue weighted by atomic mass is 16.5. The first kappa shape index (κ1) is 22.8. The number of anilines is 1. The van der Waals surface area contributed by atoms with Crippen molar-refractivity contribution in [3.8, 4) is 11.5 Å². The van der Waals surface area contributed by atoms with Crippen LogP contribution in [-0.2, 0) is 22.7 Å². The van der Waals surface area contributed by atoms with E-state index in [0.717, 1.165) is 11.1 Å². The molecule has 0 heterocycles. The van der Waals surface area contributed by atoms with Crippen LogP contribution in [0.25, 0.3) is 0 Å². The van der Waals surface area contributed by atoms with Gasteiger partial charge in [0.25, 0.3) is 11.8 Å². The number of benzene rings is 3. The Morgan fingerprint density at radius 2 is 1.56 bits per heavy atom. The number of hydrogen-bond donors (Lipinski definition) is 2. The highest BCUT2D eigenvalue weighted by Gasteiger charge is 2.08. The summed E-state index contributed by atoms with van der Waals surface area (Å²) in [7, 11) is 3.22. The lowest BCUT2D eigenvalue weighted by molar-refractivity contribution is -0.118. The number of amides is 2. The molecule has 0 atom stereocenters. The summed E-state index contributed by atoms with van der Waals surface area (Å²) in [6.45, 7) is 0.834. The lowest BCUT2D eigenvalue weighted by atomic mass is 10.1. The lowest BCUT2D eigenvalue weighted by Gasteiger charge is -2.10. The fraction of sp³-hybridized carbons (Fsp3) is 0.200. The predicted octanol–water partition coefficient (Wildman–Crippen LogP) is 3.79. The van der Waals surface area contributed by atoms with Crippen LogP contribution in [-0.4, -0.2) is 32.6 Å². The summed E-state index contributed by atoms with van der Waals surface area (Å²) < 4.78 is 15.7. The van der Waals surface area contributed by atoms with Gasteiger partial charge in [-0.2, -0.15) is 0 Å². The minimum absolute atomic E-state index is 0.151. The monoisotopic (exact) mass is 434 g/mol. The van der Waals surface area contributed by atoms with Crippen molar-refractivity contribution in [1.29, 1.82) is 0 Å². The summed E-state index contributed by atoms with van der Waals surface area (Å²) in [6, 6.07) is 21.6. The molecule has 0 radical (unpaired) electrons. The summed E-state index contributed by atoms with van der Waals surface area (Å²) >= 11 is 0. The molecule has 0 spiro atoms. The number of rotatable bonds is 10. The van der Waals surface area contributed by atoms with E-state index in [0.29, 0.717) is 35.9 Å². The molecule has 3 aromatic rings. The molecule has 0 unspecified atom stereocenters. The smallest absolute Gasteiger partial charge is 0.262 e. The minimum Gasteiger partial charge on any atom is -0.497 e. The third-order valence-corrected chi connectivity index (χ3v) is 4.63. The first-order valence-electron chi connectivity index (χ1n) is 10.1. The zero-order valence-electron chi connectivity index (χ0n) is 18.1. The van der Waals surface area contributed by atoms with Gasteiger partial charge in [-0.15, -0.1) is 0 Å². The second-order valence-corrected chi connectivity index (χ2v) is 7.03. The van der Waals surface area contributed by atoms with Crippen molar-refractivity contribution >= 4 is 17.5 Å². The van der Waals surface area contributed by atoms with Crippen LogP contribution in [0.4, 0.5) is 5.69 Å². The van der Waals surface area contributed by atoms with Gasteiger partial charge in [-0.25, -0.2) is 0 Å². The SMILES string of the molecule is COCc1ccc(CNC(=O)c2ccc(OCC(=O)Nc3cccc(OC)c3)cc2)cc1. The Labute approximate surface area is 187 Å². The van der Waals surface area contributed by atoms with Gasteiger partial charge in [-0.3, -0.25) is 9.59 Å². The molecule has 0 aliphatic rings. The Morgan fingerprint density at radius 1 is 0.844 bits per heavy atom. The maximum absolute atomic E-state index is 12.4. The maximum Gasteiger partial charge on any atom is 0.262 e. The first-order chi connectivity index (χ1) is 15.6. The van der Waals surface area contributed by atoms with E-state index in [1.807, 2.05) is 24.3 Å². The van der Waals surface area contributed by atoms with Crippen LogP contribution in [0, 0.1) is 0 Å². The van der Waals surface area contributed by atoms with E-state index in [9.17, 15) is 9.59 Å². The zero-order chi connectivity index (χ0) is 22.8. The van der Waals surface area contributed by atoms with E-state index in [1.165, 1.54) is 0 Å². The third-order valence-electron chi connectivity index (χ3n) is 4.63. The fourth-order valence-electron chi connectivity index (χ4n) is 2.95. The van der Waals surface area contributed by atoms with E-state index in [4.69, 9.17) is 14.2 Å². The van der Waals surface area contributed by atoms with Crippen molar-refractivity contribution in [3.63, 3.8) is 0 Å². The van der Waals surface area contributed by atoms with E-state index in [-0.39, 0.29) is 18.4 Å². The van der Waals surface area contributed by atoms with Crippen molar-refractivity contribution in [2.45, 2.75) is 13.2 Å². The molecule has 2 N–H and O–H groups in total. The molecule has 0 saturated heterocycles. The second-order valence-electron chi connectivity index (χ2n) is 7.03. The molecular formula is C25H26N2O5. The highest BCUT2D eigenvalue weighted by molar-refractivity contribution is 5.94. The normalized spacial score (nSPS) is 10.3. The Kier molecular flexibility index (Phi) is 8.22. The van der Waals surface area contributed by atoms with Gasteiger partial charge in [-0.05, 0) is 47.5 Å². The molecule has 7 heteroatoms. The summed E-state index contributed by atoms with van der Waals surface area (Å²) in [5.74, 6) is 0.668. The average molecular weight is 434 g/mol. The number of nitrogens with one attached hydrogen (secondary N) is 2. The summed E-state index contributed by atoms with van der Waals surface area (Å²) in [4.78, 5) is 24.5. The Morgan fingerprint density at radius 3 is 2.25 bits per heavy atom. The van der Waals surface area contributed by atoms with Crippen LogP contribution in [0.15, 0.2) is 72.8 Å². The molecular weight excluding hydrogens is 408 g/mol. The highest BCUT2D eigenvalue weighted by Crippen LogP contribution is 2.17. The van der Waals surface area contributed by atoms with E-state index < -0.39 is 0 Å². The van der Waals surface area contributed by atoms with Crippen molar-refractivity contribution < 1.29 is 23.8 Å². The van der Waals surface area contributed by atoms with Gasteiger partial charge >= 0.3 is 0 Å². The molecule has 0 bridgehead atoms. The third kappa shape index (κ3) is 6.85. The average Bonchev–Trinajstić information content (AvgIpc) is 2.83. The van der Waals surface area contributed by atoms with Crippen molar-refractivity contribution in [3.05, 3.63) is 89.5 Å². The van der Waals surface area contributed by atoms with Crippen LogP contribution in [0.2, 0.25) is 0 Å². The molecule has 0 aliphatic carbocycles. The lowest BCUT2D eigenvalue weighted by Crippen LogP contribution is -2.23. The molecule has 3 aromatic carbocycles. The van der Waals surface area contributed by atoms with Crippen LogP contribution >= 0.6 is 0 Å². The molecule has 0 saturated carbocycles. The van der Waals surface area contributed by atoms with Gasteiger partial charge in [0.1, 0.15) is 11.5 Å². The molecule has 32 heavy (non-hydrogen) atoms. The van der Waals surface area contributed by atoms with Crippen LogP contribution in [0.1, 0.15) is 21.5 Å². The van der Waals surface area contributed by atoms with E-state index in [1.54, 1.807) is 62.8 Å². The van der Waals surface area contributed by atoms with Gasteiger partial charge < -0.3 is 24.8 Å². The number of methoxy groups -OCH3 is 2. The molecule has 0 aliphatic heterocycles. The van der Waals surface area contributed by atoms with Crippen LogP contribution < -0.4 is 20.1 Å². The Bertz CT molecular complexity index is 1030. The van der Waals surface area contributed by atoms with Crippen molar-refractivity contribution in [1.82, 2.24) is 5.32 Å². The zero-order valence-corrected chi connectivity index (χ0v) is 18.1. The van der Waals surface area contributed by atoms with E-state index in [2.05, 4.69) is 10.6 Å². The van der Waals surface area contributed by atoms with Gasteiger partial charge in [0.15, 0.2) is 6.61 Å². The number of hydrogen-bond acceptors (Lipinski definition) is 5. The van der Waals surface area contributed by atoms with Gasteiger partial charge in [-0.1, -0.05) is 30.3 Å². The molecule has 2 amide bonds. The predicted molar refractivity (Wildman–Crippen MR) is 122 cm³/mol. The number of ether oxygens (including phenoxy) is 3. The standard InChI is InChI=1S/C25H26N2O5/c1-30-16-19-8-6-18(7-9-19)15-26-25(29)20-10-12-22(13-11-20)32-17-24(28)27-21-4-3-5-23(14-21)31-2/h3-14H,15-17H2,1-2H3,(H,26,29)(H,27,28). The summed E-state index contributed by atoms with van der Waals surface area (Å²) in [5.41, 5.74) is 3.21. The second kappa shape index (κ2) is 11.5. The summed E-state index contributed by atoms with van der Waals surface area (Å²) in [6.07, 6.45) is 0. The quantitative estimate of drug-likeness (QED) is 0.507. The molecule has 166 valence electrons. The number of carbonyl (C=O) groups excluding carboxylic acids is 2. The molecule has 0 fully saturated rings. The Balaban J connectivity index is 1.45. The topological polar surface area (TPSA) is 85.9 Å². The fourth-order valence-corrected chi connectivity index (χ4v) is 2.95. The van der Waals surface area contributed by atoms with Crippen molar-refractivity contribution in [2.24, 2.45) is 0 Å². The van der Waals surface area contributed by atoms with E-state index >= 15 is 0 Å².